The largest absolute Gasteiger partial charge is 0.309 e. The number of fused-ring (bicyclic) bond motifs is 10. The molecule has 0 fully saturated rings. The maximum Gasteiger partial charge on any atom is 0.0547 e. The summed E-state index contributed by atoms with van der Waals surface area (Å²) in [6.45, 7) is 0. The molecular formula is C44H25N. The van der Waals surface area contributed by atoms with Gasteiger partial charge < -0.3 is 4.57 Å². The van der Waals surface area contributed by atoms with Crippen molar-refractivity contribution in [3.8, 4) is 61.3 Å². The van der Waals surface area contributed by atoms with Crippen molar-refractivity contribution < 1.29 is 0 Å². The number of aromatic nitrogens is 1. The van der Waals surface area contributed by atoms with Crippen LogP contribution >= 0.6 is 0 Å². The highest BCUT2D eigenvalue weighted by Gasteiger charge is 2.27. The molecule has 8 aromatic carbocycles. The molecule has 45 heavy (non-hydrogen) atoms. The van der Waals surface area contributed by atoms with Crippen LogP contribution in [0.1, 0.15) is 0 Å². The Morgan fingerprint density at radius 1 is 0.333 bits per heavy atom. The number of para-hydroxylation sites is 1. The summed E-state index contributed by atoms with van der Waals surface area (Å²) in [5.41, 5.74) is 16.9. The summed E-state index contributed by atoms with van der Waals surface area (Å²) in [6.07, 6.45) is 0. The predicted octanol–water partition coefficient (Wildman–Crippen LogP) is 12.1. The number of benzene rings is 8. The van der Waals surface area contributed by atoms with Gasteiger partial charge in [-0.15, -0.1) is 0 Å². The van der Waals surface area contributed by atoms with Gasteiger partial charge in [0.1, 0.15) is 0 Å². The van der Waals surface area contributed by atoms with Gasteiger partial charge in [0.15, 0.2) is 0 Å². The van der Waals surface area contributed by atoms with E-state index in [2.05, 4.69) is 156 Å². The molecule has 11 rings (SSSR count). The molecule has 0 spiro atoms. The Balaban J connectivity index is 1.17. The molecule has 0 saturated heterocycles. The maximum atomic E-state index is 2.47. The van der Waals surface area contributed by atoms with E-state index in [1.54, 1.807) is 0 Å². The molecule has 1 heterocycles. The molecule has 0 unspecified atom stereocenters. The average Bonchev–Trinajstić information content (AvgIpc) is 3.73. The molecule has 206 valence electrons. The molecular weight excluding hydrogens is 542 g/mol. The molecule has 0 aliphatic heterocycles. The molecule has 2 aliphatic rings. The van der Waals surface area contributed by atoms with Crippen molar-refractivity contribution in [2.75, 3.05) is 0 Å². The van der Waals surface area contributed by atoms with E-state index in [9.17, 15) is 0 Å². The van der Waals surface area contributed by atoms with Crippen molar-refractivity contribution in [3.05, 3.63) is 152 Å². The lowest BCUT2D eigenvalue weighted by Gasteiger charge is -2.13. The third-order valence-corrected chi connectivity index (χ3v) is 10.3. The Bertz CT molecular complexity index is 2720. The van der Waals surface area contributed by atoms with E-state index >= 15 is 0 Å². The summed E-state index contributed by atoms with van der Waals surface area (Å²) in [6, 6.07) is 56.3. The molecule has 2 aliphatic carbocycles. The van der Waals surface area contributed by atoms with E-state index in [1.807, 2.05) is 0 Å². The van der Waals surface area contributed by atoms with Crippen molar-refractivity contribution >= 4 is 43.4 Å². The van der Waals surface area contributed by atoms with Gasteiger partial charge in [0.05, 0.1) is 11.0 Å². The van der Waals surface area contributed by atoms with Crippen LogP contribution in [-0.4, -0.2) is 4.57 Å². The number of rotatable bonds is 2. The van der Waals surface area contributed by atoms with Gasteiger partial charge in [-0.05, 0) is 95.9 Å². The first-order valence-corrected chi connectivity index (χ1v) is 15.7. The number of nitrogens with zero attached hydrogens (tertiary/aromatic N) is 1. The molecule has 0 amide bonds. The minimum atomic E-state index is 1.18. The SMILES string of the molecule is c1cc(-c2ccc3c4c(cccc24)-c2ccccc2-3)cc(-n2c3ccccc3c3c4c(ccc32)-c2cccc3cccc-4c23)c1. The fourth-order valence-electron chi connectivity index (χ4n) is 8.49. The van der Waals surface area contributed by atoms with Crippen LogP contribution < -0.4 is 0 Å². The monoisotopic (exact) mass is 567 g/mol. The summed E-state index contributed by atoms with van der Waals surface area (Å²) in [5, 5.41) is 7.98. The summed E-state index contributed by atoms with van der Waals surface area (Å²) in [7, 11) is 0. The van der Waals surface area contributed by atoms with Gasteiger partial charge in [0.25, 0.3) is 0 Å². The molecule has 0 atom stereocenters. The van der Waals surface area contributed by atoms with Gasteiger partial charge in [0, 0.05) is 22.0 Å². The molecule has 0 N–H and O–H groups in total. The topological polar surface area (TPSA) is 4.93 Å². The normalized spacial score (nSPS) is 12.4. The molecule has 1 aromatic heterocycles. The van der Waals surface area contributed by atoms with Crippen LogP contribution in [0.2, 0.25) is 0 Å². The van der Waals surface area contributed by atoms with Crippen molar-refractivity contribution in [2.45, 2.75) is 0 Å². The Labute approximate surface area is 260 Å². The van der Waals surface area contributed by atoms with Gasteiger partial charge >= 0.3 is 0 Å². The van der Waals surface area contributed by atoms with Gasteiger partial charge in [-0.25, -0.2) is 0 Å². The predicted molar refractivity (Wildman–Crippen MR) is 190 cm³/mol. The van der Waals surface area contributed by atoms with Crippen LogP contribution in [0.3, 0.4) is 0 Å². The minimum absolute atomic E-state index is 1.18. The third kappa shape index (κ3) is 2.93. The Morgan fingerprint density at radius 3 is 1.82 bits per heavy atom. The highest BCUT2D eigenvalue weighted by Crippen LogP contribution is 2.53. The fourth-order valence-corrected chi connectivity index (χ4v) is 8.49. The first kappa shape index (κ1) is 23.5. The van der Waals surface area contributed by atoms with E-state index in [1.165, 1.54) is 105 Å². The highest BCUT2D eigenvalue weighted by molar-refractivity contribution is 6.26. The first-order chi connectivity index (χ1) is 22.3. The average molecular weight is 568 g/mol. The van der Waals surface area contributed by atoms with Crippen LogP contribution in [0.5, 0.6) is 0 Å². The quantitative estimate of drug-likeness (QED) is 0.196. The van der Waals surface area contributed by atoms with Gasteiger partial charge in [-0.2, -0.15) is 0 Å². The second-order valence-corrected chi connectivity index (χ2v) is 12.4. The summed E-state index contributed by atoms with van der Waals surface area (Å²) in [5.74, 6) is 0. The summed E-state index contributed by atoms with van der Waals surface area (Å²) < 4.78 is 2.47. The smallest absolute Gasteiger partial charge is 0.0547 e. The van der Waals surface area contributed by atoms with Crippen LogP contribution in [0.15, 0.2) is 152 Å². The van der Waals surface area contributed by atoms with Crippen LogP contribution in [0.4, 0.5) is 0 Å². The molecule has 1 heteroatoms. The Kier molecular flexibility index (Phi) is 4.38. The fraction of sp³-hybridized carbons (Fsp3) is 0. The zero-order valence-electron chi connectivity index (χ0n) is 24.4. The third-order valence-electron chi connectivity index (χ3n) is 10.3. The molecule has 1 nitrogen and oxygen atoms in total. The second kappa shape index (κ2) is 8.37. The van der Waals surface area contributed by atoms with E-state index in [-0.39, 0.29) is 0 Å². The van der Waals surface area contributed by atoms with Crippen molar-refractivity contribution in [1.82, 2.24) is 4.57 Å². The van der Waals surface area contributed by atoms with Gasteiger partial charge in [-0.1, -0.05) is 127 Å². The summed E-state index contributed by atoms with van der Waals surface area (Å²) >= 11 is 0. The van der Waals surface area contributed by atoms with E-state index in [0.29, 0.717) is 0 Å². The van der Waals surface area contributed by atoms with Crippen molar-refractivity contribution in [3.63, 3.8) is 0 Å². The lowest BCUT2D eigenvalue weighted by atomic mass is 9.94. The molecule has 0 radical (unpaired) electrons. The number of hydrogen-bond acceptors (Lipinski definition) is 0. The lowest BCUT2D eigenvalue weighted by molar-refractivity contribution is 1.18. The van der Waals surface area contributed by atoms with Crippen molar-refractivity contribution in [1.29, 1.82) is 0 Å². The maximum absolute atomic E-state index is 2.47. The zero-order valence-corrected chi connectivity index (χ0v) is 24.4. The van der Waals surface area contributed by atoms with Gasteiger partial charge in [0.2, 0.25) is 0 Å². The minimum Gasteiger partial charge on any atom is -0.309 e. The van der Waals surface area contributed by atoms with Crippen LogP contribution in [0, 0.1) is 0 Å². The Morgan fingerprint density at radius 2 is 0.956 bits per heavy atom. The zero-order chi connectivity index (χ0) is 29.2. The highest BCUT2D eigenvalue weighted by atomic mass is 15.0. The molecule has 0 bridgehead atoms. The first-order valence-electron chi connectivity index (χ1n) is 15.7. The standard InChI is InChI=1S/C44H25N/c1-2-14-31-30(13-1)33-18-8-17-32-29(21-22-35(31)42(32)33)27-11-5-12-28(25-27)45-39-20-4-3-15-37(39)44-40(45)24-23-36-34-16-6-9-26-10-7-19-38(41(26)34)43(36)44/h1-25H. The number of hydrogen-bond donors (Lipinski definition) is 0. The van der Waals surface area contributed by atoms with Crippen LogP contribution in [-0.2, 0) is 0 Å². The van der Waals surface area contributed by atoms with E-state index in [4.69, 9.17) is 0 Å². The molecule has 9 aromatic rings. The van der Waals surface area contributed by atoms with E-state index < -0.39 is 0 Å². The summed E-state index contributed by atoms with van der Waals surface area (Å²) in [4.78, 5) is 0. The van der Waals surface area contributed by atoms with Crippen molar-refractivity contribution in [2.24, 2.45) is 0 Å². The molecule has 0 saturated carbocycles. The lowest BCUT2D eigenvalue weighted by Crippen LogP contribution is -1.94. The Hall–Kier alpha value is -5.92. The van der Waals surface area contributed by atoms with Gasteiger partial charge in [-0.3, -0.25) is 0 Å². The second-order valence-electron chi connectivity index (χ2n) is 12.4. The van der Waals surface area contributed by atoms with E-state index in [0.717, 1.165) is 0 Å². The van der Waals surface area contributed by atoms with Crippen LogP contribution in [0.25, 0.3) is 105 Å².